The lowest BCUT2D eigenvalue weighted by Crippen LogP contribution is -2.28. The molecule has 1 N–H and O–H groups in total. The molecule has 1 aliphatic rings. The molecule has 0 aliphatic carbocycles. The quantitative estimate of drug-likeness (QED) is 0.861. The first-order chi connectivity index (χ1) is 9.94. The second kappa shape index (κ2) is 7.31. The van der Waals surface area contributed by atoms with E-state index in [0.29, 0.717) is 18.7 Å². The molecule has 21 heavy (non-hydrogen) atoms. The fourth-order valence-corrected chi connectivity index (χ4v) is 5.82. The Hall–Kier alpha value is -1.01. The first-order valence-corrected chi connectivity index (χ1v) is 9.96. The number of amides is 1. The summed E-state index contributed by atoms with van der Waals surface area (Å²) in [6, 6.07) is 8.23. The van der Waals surface area contributed by atoms with Gasteiger partial charge in [0.05, 0.1) is 17.3 Å². The van der Waals surface area contributed by atoms with Crippen molar-refractivity contribution < 1.29 is 13.2 Å². The summed E-state index contributed by atoms with van der Waals surface area (Å²) in [5.74, 6) is 0.805. The molecule has 0 spiro atoms. The summed E-state index contributed by atoms with van der Waals surface area (Å²) in [6.07, 6.45) is 1.49. The van der Waals surface area contributed by atoms with E-state index in [1.54, 1.807) is 0 Å². The molecular weight excluding hydrogens is 306 g/mol. The minimum atomic E-state index is -2.85. The molecule has 1 heterocycles. The van der Waals surface area contributed by atoms with Crippen molar-refractivity contribution in [1.82, 2.24) is 5.32 Å². The van der Waals surface area contributed by atoms with Gasteiger partial charge in [0, 0.05) is 11.8 Å². The van der Waals surface area contributed by atoms with E-state index in [-0.39, 0.29) is 22.7 Å². The molecule has 1 aliphatic heterocycles. The molecule has 0 bridgehead atoms. The van der Waals surface area contributed by atoms with Crippen LogP contribution in [0.25, 0.3) is 0 Å². The molecule has 0 radical (unpaired) electrons. The molecule has 2 rings (SSSR count). The number of benzene rings is 1. The van der Waals surface area contributed by atoms with Crippen LogP contribution in [0.4, 0.5) is 0 Å². The van der Waals surface area contributed by atoms with Crippen LogP contribution in [0.2, 0.25) is 0 Å². The number of nitrogens with one attached hydrogen (secondary N) is 1. The van der Waals surface area contributed by atoms with Crippen LogP contribution in [0.15, 0.2) is 24.3 Å². The number of sulfone groups is 1. The topological polar surface area (TPSA) is 63.2 Å². The highest BCUT2D eigenvalue weighted by Gasteiger charge is 2.28. The highest BCUT2D eigenvalue weighted by atomic mass is 32.2. The maximum absolute atomic E-state index is 11.7. The fraction of sp³-hybridized carbons (Fsp3) is 0.533. The Morgan fingerprint density at radius 3 is 2.90 bits per heavy atom. The summed E-state index contributed by atoms with van der Waals surface area (Å²) in [5, 5.41) is 2.97. The van der Waals surface area contributed by atoms with Crippen molar-refractivity contribution in [3.63, 3.8) is 0 Å². The van der Waals surface area contributed by atoms with Crippen molar-refractivity contribution in [1.29, 1.82) is 0 Å². The van der Waals surface area contributed by atoms with E-state index in [9.17, 15) is 13.2 Å². The highest BCUT2D eigenvalue weighted by molar-refractivity contribution is 8.02. The van der Waals surface area contributed by atoms with Crippen LogP contribution < -0.4 is 5.32 Å². The fourth-order valence-electron chi connectivity index (χ4n) is 2.35. The lowest BCUT2D eigenvalue weighted by atomic mass is 10.1. The molecule has 0 unspecified atom stereocenters. The van der Waals surface area contributed by atoms with Gasteiger partial charge in [0.1, 0.15) is 0 Å². The first kappa shape index (κ1) is 16.4. The van der Waals surface area contributed by atoms with Gasteiger partial charge in [0.15, 0.2) is 9.84 Å². The molecule has 1 aromatic carbocycles. The van der Waals surface area contributed by atoms with Crippen LogP contribution in [0.5, 0.6) is 0 Å². The Bertz CT molecular complexity index is 599. The van der Waals surface area contributed by atoms with Crippen LogP contribution >= 0.6 is 11.8 Å². The molecule has 6 heteroatoms. The van der Waals surface area contributed by atoms with Crippen molar-refractivity contribution in [2.75, 3.05) is 23.8 Å². The molecular formula is C15H21NO3S2. The monoisotopic (exact) mass is 327 g/mol. The third-order valence-electron chi connectivity index (χ3n) is 3.46. The predicted octanol–water partition coefficient (Wildman–Crippen LogP) is 1.57. The van der Waals surface area contributed by atoms with Gasteiger partial charge in [0.2, 0.25) is 5.91 Å². The van der Waals surface area contributed by atoms with Gasteiger partial charge in [0.25, 0.3) is 0 Å². The van der Waals surface area contributed by atoms with Crippen LogP contribution in [0.1, 0.15) is 17.5 Å². The average Bonchev–Trinajstić information content (AvgIpc) is 2.76. The summed E-state index contributed by atoms with van der Waals surface area (Å²) in [5.41, 5.74) is 2.43. The number of aryl methyl sites for hydroxylation is 1. The Balaban J connectivity index is 1.64. The summed E-state index contributed by atoms with van der Waals surface area (Å²) < 4.78 is 22.7. The van der Waals surface area contributed by atoms with Crippen molar-refractivity contribution >= 4 is 27.5 Å². The number of thioether (sulfide) groups is 1. The molecule has 0 aromatic heterocycles. The molecule has 1 amide bonds. The predicted molar refractivity (Wildman–Crippen MR) is 87.4 cm³/mol. The van der Waals surface area contributed by atoms with E-state index in [4.69, 9.17) is 0 Å². The molecule has 4 nitrogen and oxygen atoms in total. The Kier molecular flexibility index (Phi) is 5.70. The van der Waals surface area contributed by atoms with Crippen molar-refractivity contribution in [3.8, 4) is 0 Å². The number of hydrogen-bond acceptors (Lipinski definition) is 4. The standard InChI is InChI=1S/C15H21NO3S2/c1-12-3-2-4-13(9-12)5-7-16-15(17)10-20-14-6-8-21(18,19)11-14/h2-4,9,14H,5-8,10-11H2,1H3,(H,16,17)/t14-/m0/s1. The Morgan fingerprint density at radius 2 is 2.24 bits per heavy atom. The van der Waals surface area contributed by atoms with E-state index in [0.717, 1.165) is 6.42 Å². The average molecular weight is 327 g/mol. The minimum absolute atomic E-state index is 0.0167. The lowest BCUT2D eigenvalue weighted by molar-refractivity contribution is -0.118. The van der Waals surface area contributed by atoms with Gasteiger partial charge < -0.3 is 5.32 Å². The zero-order chi connectivity index (χ0) is 15.3. The molecule has 1 atom stereocenters. The van der Waals surface area contributed by atoms with Gasteiger partial charge in [-0.1, -0.05) is 29.8 Å². The van der Waals surface area contributed by atoms with Gasteiger partial charge in [-0.05, 0) is 25.3 Å². The van der Waals surface area contributed by atoms with Gasteiger partial charge in [-0.25, -0.2) is 8.42 Å². The highest BCUT2D eigenvalue weighted by Crippen LogP contribution is 2.23. The summed E-state index contributed by atoms with van der Waals surface area (Å²) in [4.78, 5) is 11.7. The van der Waals surface area contributed by atoms with Crippen molar-refractivity contribution in [2.24, 2.45) is 0 Å². The zero-order valence-corrected chi connectivity index (χ0v) is 13.8. The second-order valence-corrected chi connectivity index (χ2v) is 8.94. The van der Waals surface area contributed by atoms with E-state index in [2.05, 4.69) is 17.4 Å². The molecule has 1 saturated heterocycles. The molecule has 116 valence electrons. The SMILES string of the molecule is Cc1cccc(CCNC(=O)CS[C@H]2CCS(=O)(=O)C2)c1. The summed E-state index contributed by atoms with van der Waals surface area (Å²) >= 11 is 1.45. The Morgan fingerprint density at radius 1 is 1.43 bits per heavy atom. The third-order valence-corrected chi connectivity index (χ3v) is 6.74. The van der Waals surface area contributed by atoms with Crippen LogP contribution in [-0.4, -0.2) is 43.4 Å². The van der Waals surface area contributed by atoms with Crippen LogP contribution in [0.3, 0.4) is 0 Å². The second-order valence-electron chi connectivity index (χ2n) is 5.43. The van der Waals surface area contributed by atoms with E-state index < -0.39 is 9.84 Å². The normalized spacial score (nSPS) is 20.3. The molecule has 1 fully saturated rings. The van der Waals surface area contributed by atoms with Gasteiger partial charge in [-0.2, -0.15) is 0 Å². The largest absolute Gasteiger partial charge is 0.355 e. The van der Waals surface area contributed by atoms with Crippen LogP contribution in [0, 0.1) is 6.92 Å². The van der Waals surface area contributed by atoms with E-state index in [1.807, 2.05) is 19.1 Å². The van der Waals surface area contributed by atoms with Crippen molar-refractivity contribution in [3.05, 3.63) is 35.4 Å². The van der Waals surface area contributed by atoms with Crippen LogP contribution in [-0.2, 0) is 21.1 Å². The number of hydrogen-bond donors (Lipinski definition) is 1. The smallest absolute Gasteiger partial charge is 0.230 e. The molecule has 0 saturated carbocycles. The Labute approximate surface area is 130 Å². The maximum Gasteiger partial charge on any atom is 0.230 e. The van der Waals surface area contributed by atoms with E-state index in [1.165, 1.54) is 22.9 Å². The van der Waals surface area contributed by atoms with Crippen molar-refractivity contribution in [2.45, 2.75) is 25.0 Å². The third kappa shape index (κ3) is 5.71. The summed E-state index contributed by atoms with van der Waals surface area (Å²) in [6.45, 7) is 2.67. The van der Waals surface area contributed by atoms with Gasteiger partial charge >= 0.3 is 0 Å². The van der Waals surface area contributed by atoms with Gasteiger partial charge in [-0.15, -0.1) is 11.8 Å². The van der Waals surface area contributed by atoms with E-state index >= 15 is 0 Å². The number of carbonyl (C=O) groups excluding carboxylic acids is 1. The van der Waals surface area contributed by atoms with Gasteiger partial charge in [-0.3, -0.25) is 4.79 Å². The number of carbonyl (C=O) groups is 1. The lowest BCUT2D eigenvalue weighted by Gasteiger charge is -2.08. The minimum Gasteiger partial charge on any atom is -0.355 e. The number of rotatable bonds is 6. The molecule has 1 aromatic rings. The summed E-state index contributed by atoms with van der Waals surface area (Å²) in [7, 11) is -2.85. The first-order valence-electron chi connectivity index (χ1n) is 7.09. The maximum atomic E-state index is 11.7. The zero-order valence-electron chi connectivity index (χ0n) is 12.2.